The van der Waals surface area contributed by atoms with E-state index in [2.05, 4.69) is 38.0 Å². The zero-order valence-electron chi connectivity index (χ0n) is 14.0. The van der Waals surface area contributed by atoms with E-state index < -0.39 is 0 Å². The molecule has 3 rings (SSSR count). The topological polar surface area (TPSA) is 80.3 Å². The Balaban J connectivity index is 1.55. The first-order chi connectivity index (χ1) is 12.1. The summed E-state index contributed by atoms with van der Waals surface area (Å²) in [6.07, 6.45) is 4.05. The highest BCUT2D eigenvalue weighted by atomic mass is 35.5. The number of aromatic nitrogens is 3. The Bertz CT molecular complexity index is 869. The van der Waals surface area contributed by atoms with Gasteiger partial charge >= 0.3 is 0 Å². The molecule has 0 atom stereocenters. The van der Waals surface area contributed by atoms with E-state index in [0.717, 1.165) is 5.56 Å². The molecular weight excluding hydrogens is 340 g/mol. The first-order valence-corrected chi connectivity index (χ1v) is 8.16. The van der Waals surface area contributed by atoms with E-state index in [9.17, 15) is 0 Å². The first-order valence-electron chi connectivity index (χ1n) is 7.78. The molecule has 0 spiro atoms. The Morgan fingerprint density at radius 1 is 1.28 bits per heavy atom. The van der Waals surface area contributed by atoms with E-state index in [1.807, 2.05) is 29.9 Å². The van der Waals surface area contributed by atoms with Crippen LogP contribution < -0.4 is 10.6 Å². The van der Waals surface area contributed by atoms with Crippen molar-refractivity contribution in [3.63, 3.8) is 0 Å². The minimum Gasteiger partial charge on any atom is -0.357 e. The Hall–Kier alpha value is -2.80. The minimum absolute atomic E-state index is 0.377. The molecular formula is C17H19ClN6O. The molecule has 7 nitrogen and oxygen atoms in total. The van der Waals surface area contributed by atoms with Gasteiger partial charge in [-0.1, -0.05) is 28.9 Å². The molecule has 0 radical (unpaired) electrons. The minimum atomic E-state index is 0.377. The van der Waals surface area contributed by atoms with Gasteiger partial charge in [-0.05, 0) is 23.8 Å². The van der Waals surface area contributed by atoms with Crippen LogP contribution in [0.3, 0.4) is 0 Å². The zero-order chi connectivity index (χ0) is 17.6. The number of hydrogen-bond donors (Lipinski definition) is 2. The molecule has 0 bridgehead atoms. The molecule has 8 heteroatoms. The summed E-state index contributed by atoms with van der Waals surface area (Å²) in [4.78, 5) is 8.55. The second-order valence-corrected chi connectivity index (χ2v) is 5.92. The van der Waals surface area contributed by atoms with Crippen molar-refractivity contribution in [3.05, 3.63) is 59.2 Å². The van der Waals surface area contributed by atoms with Crippen LogP contribution in [-0.4, -0.2) is 27.7 Å². The summed E-state index contributed by atoms with van der Waals surface area (Å²) in [6.45, 7) is 1.06. The van der Waals surface area contributed by atoms with E-state index >= 15 is 0 Å². The maximum absolute atomic E-state index is 5.99. The molecule has 0 aliphatic rings. The first kappa shape index (κ1) is 17.0. The van der Waals surface area contributed by atoms with Gasteiger partial charge in [0.2, 0.25) is 11.7 Å². The number of hydrogen-bond acceptors (Lipinski definition) is 4. The van der Waals surface area contributed by atoms with Crippen LogP contribution in [0.2, 0.25) is 5.02 Å². The lowest BCUT2D eigenvalue weighted by atomic mass is 10.2. The van der Waals surface area contributed by atoms with Crippen LogP contribution in [0, 0.1) is 0 Å². The van der Waals surface area contributed by atoms with Gasteiger partial charge in [-0.3, -0.25) is 4.99 Å². The number of rotatable bonds is 5. The number of guanidine groups is 1. The Labute approximate surface area is 150 Å². The van der Waals surface area contributed by atoms with Crippen molar-refractivity contribution >= 4 is 17.6 Å². The molecule has 3 aromatic rings. The Kier molecular flexibility index (Phi) is 5.35. The average molecular weight is 359 g/mol. The van der Waals surface area contributed by atoms with Crippen molar-refractivity contribution in [1.82, 2.24) is 25.3 Å². The lowest BCUT2D eigenvalue weighted by Gasteiger charge is -2.09. The van der Waals surface area contributed by atoms with E-state index in [4.69, 9.17) is 16.1 Å². The van der Waals surface area contributed by atoms with Crippen LogP contribution >= 0.6 is 11.6 Å². The summed E-state index contributed by atoms with van der Waals surface area (Å²) in [7, 11) is 3.70. The number of aliphatic imine (C=N–C) groups is 1. The smallest absolute Gasteiger partial charge is 0.246 e. The highest BCUT2D eigenvalue weighted by Gasteiger charge is 2.09. The van der Waals surface area contributed by atoms with E-state index in [1.165, 1.54) is 5.56 Å². The van der Waals surface area contributed by atoms with Crippen LogP contribution in [-0.2, 0) is 20.1 Å². The van der Waals surface area contributed by atoms with Crippen molar-refractivity contribution < 1.29 is 4.52 Å². The predicted molar refractivity (Wildman–Crippen MR) is 97.2 cm³/mol. The van der Waals surface area contributed by atoms with Gasteiger partial charge in [-0.15, -0.1) is 0 Å². The van der Waals surface area contributed by atoms with E-state index in [-0.39, 0.29) is 0 Å². The van der Waals surface area contributed by atoms with Gasteiger partial charge in [0.1, 0.15) is 0 Å². The zero-order valence-corrected chi connectivity index (χ0v) is 14.8. The molecule has 0 aliphatic carbocycles. The van der Waals surface area contributed by atoms with Crippen molar-refractivity contribution in [1.29, 1.82) is 0 Å². The van der Waals surface area contributed by atoms with Crippen LogP contribution in [0.1, 0.15) is 11.5 Å². The maximum Gasteiger partial charge on any atom is 0.246 e. The molecule has 0 aliphatic heterocycles. The highest BCUT2D eigenvalue weighted by molar-refractivity contribution is 6.30. The summed E-state index contributed by atoms with van der Waals surface area (Å²) < 4.78 is 7.27. The van der Waals surface area contributed by atoms with Gasteiger partial charge in [0.25, 0.3) is 0 Å². The van der Waals surface area contributed by atoms with Crippen LogP contribution in [0.25, 0.3) is 11.4 Å². The summed E-state index contributed by atoms with van der Waals surface area (Å²) in [6, 6.07) is 9.38. The third kappa shape index (κ3) is 4.60. The Morgan fingerprint density at radius 3 is 2.84 bits per heavy atom. The molecule has 2 N–H and O–H groups in total. The maximum atomic E-state index is 5.99. The third-order valence-electron chi connectivity index (χ3n) is 3.53. The van der Waals surface area contributed by atoms with Gasteiger partial charge in [-0.2, -0.15) is 4.98 Å². The predicted octanol–water partition coefficient (Wildman–Crippen LogP) is 2.59. The number of nitrogens with one attached hydrogen (secondary N) is 2. The summed E-state index contributed by atoms with van der Waals surface area (Å²) >= 11 is 5.99. The molecule has 0 amide bonds. The summed E-state index contributed by atoms with van der Waals surface area (Å²) in [5.74, 6) is 1.63. The molecule has 0 saturated heterocycles. The second kappa shape index (κ2) is 7.85. The standard InChI is InChI=1S/C17H19ClN6O/c1-19-17(20-9-12-6-7-24(2)11-12)21-10-15-22-16(23-25-15)13-4-3-5-14(18)8-13/h3-8,11H,9-10H2,1-2H3,(H2,19,20,21). The number of halogens is 1. The third-order valence-corrected chi connectivity index (χ3v) is 3.77. The number of aryl methyl sites for hydroxylation is 1. The van der Waals surface area contributed by atoms with Crippen molar-refractivity contribution in [2.75, 3.05) is 7.05 Å². The van der Waals surface area contributed by atoms with E-state index in [0.29, 0.717) is 35.8 Å². The molecule has 130 valence electrons. The van der Waals surface area contributed by atoms with Crippen LogP contribution in [0.15, 0.2) is 52.2 Å². The average Bonchev–Trinajstić information content (AvgIpc) is 3.24. The van der Waals surface area contributed by atoms with Crippen LogP contribution in [0.5, 0.6) is 0 Å². The fourth-order valence-electron chi connectivity index (χ4n) is 2.30. The largest absolute Gasteiger partial charge is 0.357 e. The monoisotopic (exact) mass is 358 g/mol. The molecule has 2 heterocycles. The van der Waals surface area contributed by atoms with Crippen molar-refractivity contribution in [3.8, 4) is 11.4 Å². The van der Waals surface area contributed by atoms with Crippen molar-refractivity contribution in [2.24, 2.45) is 12.0 Å². The normalized spacial score (nSPS) is 11.6. The number of benzene rings is 1. The van der Waals surface area contributed by atoms with Gasteiger partial charge in [0.05, 0.1) is 6.54 Å². The van der Waals surface area contributed by atoms with E-state index in [1.54, 1.807) is 19.2 Å². The van der Waals surface area contributed by atoms with Gasteiger partial charge < -0.3 is 19.7 Å². The number of nitrogens with zero attached hydrogens (tertiary/aromatic N) is 4. The quantitative estimate of drug-likeness (QED) is 0.541. The Morgan fingerprint density at radius 2 is 2.12 bits per heavy atom. The molecule has 0 saturated carbocycles. The fraction of sp³-hybridized carbons (Fsp3) is 0.235. The second-order valence-electron chi connectivity index (χ2n) is 5.49. The van der Waals surface area contributed by atoms with Gasteiger partial charge in [-0.25, -0.2) is 0 Å². The lowest BCUT2D eigenvalue weighted by molar-refractivity contribution is 0.375. The fourth-order valence-corrected chi connectivity index (χ4v) is 2.49. The molecule has 1 aromatic carbocycles. The summed E-state index contributed by atoms with van der Waals surface area (Å²) in [5.41, 5.74) is 1.99. The lowest BCUT2D eigenvalue weighted by Crippen LogP contribution is -2.36. The van der Waals surface area contributed by atoms with Crippen LogP contribution in [0.4, 0.5) is 0 Å². The highest BCUT2D eigenvalue weighted by Crippen LogP contribution is 2.19. The molecule has 0 fully saturated rings. The SMILES string of the molecule is CN=C(NCc1ccn(C)c1)NCc1nc(-c2cccc(Cl)c2)no1. The molecule has 25 heavy (non-hydrogen) atoms. The summed E-state index contributed by atoms with van der Waals surface area (Å²) in [5, 5.41) is 11.0. The van der Waals surface area contributed by atoms with Crippen molar-refractivity contribution in [2.45, 2.75) is 13.1 Å². The van der Waals surface area contributed by atoms with Gasteiger partial charge in [0.15, 0.2) is 5.96 Å². The molecule has 0 unspecified atom stereocenters. The molecule has 2 aromatic heterocycles. The van der Waals surface area contributed by atoms with Gasteiger partial charge in [0, 0.05) is 43.6 Å².